The number of ether oxygens (including phenoxy) is 2. The Hall–Kier alpha value is -0.160. The third-order valence-electron chi connectivity index (χ3n) is 4.46. The lowest BCUT2D eigenvalue weighted by Crippen LogP contribution is -2.52. The number of nitrogens with zero attached hydrogens (tertiary/aromatic N) is 1. The molecule has 0 amide bonds. The van der Waals surface area contributed by atoms with Crippen LogP contribution in [0.3, 0.4) is 0 Å². The van der Waals surface area contributed by atoms with E-state index in [2.05, 4.69) is 0 Å². The molecule has 4 nitrogen and oxygen atoms in total. The molecule has 5 unspecified atom stereocenters. The molecule has 2 rings (SSSR count). The van der Waals surface area contributed by atoms with Crippen molar-refractivity contribution in [2.24, 2.45) is 11.8 Å². The van der Waals surface area contributed by atoms with Gasteiger partial charge < -0.3 is 19.7 Å². The van der Waals surface area contributed by atoms with Gasteiger partial charge in [-0.05, 0) is 43.7 Å². The molecular weight excluding hydrogens is 206 g/mol. The van der Waals surface area contributed by atoms with Crippen molar-refractivity contribution in [1.82, 2.24) is 5.06 Å². The summed E-state index contributed by atoms with van der Waals surface area (Å²) in [6.07, 6.45) is 3.36. The number of fused-ring (bicyclic) bond motifs is 1. The molecule has 0 N–H and O–H groups in total. The molecule has 5 atom stereocenters. The summed E-state index contributed by atoms with van der Waals surface area (Å²) in [7, 11) is 3.49. The summed E-state index contributed by atoms with van der Waals surface area (Å²) in [6, 6.07) is 0.134. The second-order valence-electron chi connectivity index (χ2n) is 5.11. The minimum atomic E-state index is 0.134. The van der Waals surface area contributed by atoms with Crippen LogP contribution in [0.25, 0.3) is 0 Å². The third kappa shape index (κ3) is 2.12. The summed E-state index contributed by atoms with van der Waals surface area (Å²) in [4.78, 5) is 0. The highest BCUT2D eigenvalue weighted by Crippen LogP contribution is 2.41. The lowest BCUT2D eigenvalue weighted by Gasteiger charge is -2.52. The van der Waals surface area contributed by atoms with E-state index in [1.165, 1.54) is 5.06 Å². The summed E-state index contributed by atoms with van der Waals surface area (Å²) in [5, 5.41) is 12.9. The van der Waals surface area contributed by atoms with Gasteiger partial charge in [-0.25, -0.2) is 0 Å². The van der Waals surface area contributed by atoms with Crippen LogP contribution in [-0.2, 0) is 9.47 Å². The van der Waals surface area contributed by atoms with Crippen molar-refractivity contribution in [3.63, 3.8) is 0 Å². The van der Waals surface area contributed by atoms with Crippen LogP contribution in [0, 0.1) is 17.0 Å². The normalized spacial score (nSPS) is 45.4. The Balaban J connectivity index is 2.06. The van der Waals surface area contributed by atoms with Gasteiger partial charge in [0, 0.05) is 14.2 Å². The maximum absolute atomic E-state index is 11.6. The first-order chi connectivity index (χ1) is 7.67. The van der Waals surface area contributed by atoms with Gasteiger partial charge in [-0.15, -0.1) is 0 Å². The Morgan fingerprint density at radius 2 is 1.75 bits per heavy atom. The van der Waals surface area contributed by atoms with Gasteiger partial charge >= 0.3 is 0 Å². The Morgan fingerprint density at radius 1 is 1.12 bits per heavy atom. The summed E-state index contributed by atoms with van der Waals surface area (Å²) < 4.78 is 11.0. The molecule has 0 spiro atoms. The van der Waals surface area contributed by atoms with Gasteiger partial charge in [0.1, 0.15) is 0 Å². The minimum absolute atomic E-state index is 0.134. The zero-order chi connectivity index (χ0) is 11.7. The average Bonchev–Trinajstić information content (AvgIpc) is 2.32. The molecule has 0 radical (unpaired) electrons. The average molecular weight is 228 g/mol. The monoisotopic (exact) mass is 228 g/mol. The molecule has 16 heavy (non-hydrogen) atoms. The lowest BCUT2D eigenvalue weighted by molar-refractivity contribution is -0.106. The molecule has 1 aliphatic heterocycles. The predicted octanol–water partition coefficient (Wildman–Crippen LogP) is 1.63. The second kappa shape index (κ2) is 5.00. The zero-order valence-corrected chi connectivity index (χ0v) is 10.4. The smallest absolute Gasteiger partial charge is 0.0836 e. The van der Waals surface area contributed by atoms with E-state index in [0.29, 0.717) is 18.4 Å². The van der Waals surface area contributed by atoms with Crippen LogP contribution in [0.2, 0.25) is 0 Å². The standard InChI is InChI=1S/C12H22NO3/c1-8-10-7-12(16-3)11(15-2)6-9(10)4-5-13(8)14/h8-12H,4-7H2,1-3H3/q-1. The van der Waals surface area contributed by atoms with Crippen molar-refractivity contribution in [2.45, 2.75) is 44.4 Å². The van der Waals surface area contributed by atoms with Crippen molar-refractivity contribution in [3.8, 4) is 0 Å². The first-order valence-corrected chi connectivity index (χ1v) is 6.16. The fourth-order valence-electron chi connectivity index (χ4n) is 3.37. The molecule has 0 bridgehead atoms. The van der Waals surface area contributed by atoms with Crippen LogP contribution in [-0.4, -0.2) is 44.1 Å². The number of rotatable bonds is 2. The van der Waals surface area contributed by atoms with Gasteiger partial charge in [0.15, 0.2) is 0 Å². The molecule has 1 aliphatic carbocycles. The van der Waals surface area contributed by atoms with E-state index in [4.69, 9.17) is 9.47 Å². The molecule has 1 heterocycles. The van der Waals surface area contributed by atoms with Crippen LogP contribution in [0.4, 0.5) is 0 Å². The topological polar surface area (TPSA) is 44.8 Å². The van der Waals surface area contributed by atoms with Gasteiger partial charge in [-0.2, -0.15) is 0 Å². The molecule has 0 aromatic rings. The van der Waals surface area contributed by atoms with Crippen molar-refractivity contribution in [2.75, 3.05) is 20.8 Å². The highest BCUT2D eigenvalue weighted by molar-refractivity contribution is 4.95. The summed E-state index contributed by atoms with van der Waals surface area (Å²) in [5.41, 5.74) is 0. The van der Waals surface area contributed by atoms with Crippen LogP contribution in [0.1, 0.15) is 26.2 Å². The number of hydrogen-bond donors (Lipinski definition) is 0. The predicted molar refractivity (Wildman–Crippen MR) is 62.0 cm³/mol. The van der Waals surface area contributed by atoms with E-state index in [0.717, 1.165) is 19.3 Å². The second-order valence-corrected chi connectivity index (χ2v) is 5.11. The molecular formula is C12H22NO3-. The Bertz CT molecular complexity index is 236. The Labute approximate surface area is 97.5 Å². The van der Waals surface area contributed by atoms with E-state index in [-0.39, 0.29) is 18.2 Å². The molecule has 0 aromatic heterocycles. The highest BCUT2D eigenvalue weighted by Gasteiger charge is 2.41. The van der Waals surface area contributed by atoms with E-state index in [1.54, 1.807) is 14.2 Å². The fraction of sp³-hybridized carbons (Fsp3) is 1.00. The van der Waals surface area contributed by atoms with E-state index in [1.807, 2.05) is 6.92 Å². The van der Waals surface area contributed by atoms with Crippen molar-refractivity contribution < 1.29 is 9.47 Å². The molecule has 1 saturated carbocycles. The maximum Gasteiger partial charge on any atom is 0.0836 e. The van der Waals surface area contributed by atoms with Crippen LogP contribution >= 0.6 is 0 Å². The molecule has 2 aliphatic rings. The summed E-state index contributed by atoms with van der Waals surface area (Å²) >= 11 is 0. The van der Waals surface area contributed by atoms with Crippen molar-refractivity contribution in [1.29, 1.82) is 0 Å². The van der Waals surface area contributed by atoms with Crippen LogP contribution < -0.4 is 0 Å². The highest BCUT2D eigenvalue weighted by atomic mass is 16.5. The van der Waals surface area contributed by atoms with Crippen molar-refractivity contribution >= 4 is 0 Å². The Kier molecular flexibility index (Phi) is 3.85. The molecule has 94 valence electrons. The number of hydrogen-bond acceptors (Lipinski definition) is 4. The van der Waals surface area contributed by atoms with Gasteiger partial charge in [0.25, 0.3) is 0 Å². The Morgan fingerprint density at radius 3 is 2.38 bits per heavy atom. The lowest BCUT2D eigenvalue weighted by atomic mass is 9.70. The number of methoxy groups -OCH3 is 2. The number of hydroxylamine groups is 2. The maximum atomic E-state index is 11.6. The van der Waals surface area contributed by atoms with Crippen molar-refractivity contribution in [3.05, 3.63) is 5.21 Å². The van der Waals surface area contributed by atoms with Gasteiger partial charge in [0.05, 0.1) is 12.2 Å². The summed E-state index contributed by atoms with van der Waals surface area (Å²) in [6.45, 7) is 2.72. The van der Waals surface area contributed by atoms with Gasteiger partial charge in [-0.3, -0.25) is 0 Å². The molecule has 0 aromatic carbocycles. The van der Waals surface area contributed by atoms with Crippen LogP contribution in [0.5, 0.6) is 0 Å². The van der Waals surface area contributed by atoms with Gasteiger partial charge in [-0.1, -0.05) is 6.92 Å². The first kappa shape index (κ1) is 12.3. The van der Waals surface area contributed by atoms with E-state index < -0.39 is 0 Å². The largest absolute Gasteiger partial charge is 0.785 e. The molecule has 2 fully saturated rings. The SMILES string of the molecule is COC1CC2CCN([O-])C(C)C2CC1OC. The molecule has 4 heteroatoms. The van der Waals surface area contributed by atoms with Gasteiger partial charge in [0.2, 0.25) is 0 Å². The fourth-order valence-corrected chi connectivity index (χ4v) is 3.37. The quantitative estimate of drug-likeness (QED) is 0.720. The van der Waals surface area contributed by atoms with E-state index in [9.17, 15) is 5.21 Å². The molecule has 1 saturated heterocycles. The minimum Gasteiger partial charge on any atom is -0.785 e. The first-order valence-electron chi connectivity index (χ1n) is 6.16. The van der Waals surface area contributed by atoms with Crippen LogP contribution in [0.15, 0.2) is 0 Å². The number of piperidine rings is 1. The summed E-state index contributed by atoms with van der Waals surface area (Å²) in [5.74, 6) is 1.11. The van der Waals surface area contributed by atoms with E-state index >= 15 is 0 Å². The zero-order valence-electron chi connectivity index (χ0n) is 10.4. The third-order valence-corrected chi connectivity index (χ3v) is 4.46.